The average molecular weight is 635 g/mol. The van der Waals surface area contributed by atoms with Gasteiger partial charge in [0.15, 0.2) is 0 Å². The van der Waals surface area contributed by atoms with Gasteiger partial charge in [-0.25, -0.2) is 4.39 Å². The molecule has 4 rings (SSSR count). The lowest BCUT2D eigenvalue weighted by molar-refractivity contribution is -0.143. The maximum Gasteiger partial charge on any atom is 0.245 e. The minimum atomic E-state index is -0.652. The van der Waals surface area contributed by atoms with Crippen molar-refractivity contribution in [2.24, 2.45) is 11.7 Å². The molecule has 0 spiro atoms. The van der Waals surface area contributed by atoms with Crippen LogP contribution in [-0.2, 0) is 20.8 Å². The van der Waals surface area contributed by atoms with E-state index in [2.05, 4.69) is 24.1 Å². The number of hydrogen-bond acceptors (Lipinski definition) is 5. The van der Waals surface area contributed by atoms with Crippen molar-refractivity contribution in [2.75, 3.05) is 44.2 Å². The first-order valence-corrected chi connectivity index (χ1v) is 15.9. The summed E-state index contributed by atoms with van der Waals surface area (Å²) in [6.45, 7) is 7.05. The van der Waals surface area contributed by atoms with Crippen LogP contribution in [0.3, 0.4) is 0 Å². The summed E-state index contributed by atoms with van der Waals surface area (Å²) in [5.41, 5.74) is 7.93. The van der Waals surface area contributed by atoms with Crippen molar-refractivity contribution >= 4 is 46.6 Å². The fraction of sp³-hybridized carbons (Fsp3) is 0.531. The summed E-state index contributed by atoms with van der Waals surface area (Å²) in [5, 5.41) is 4.09. The Morgan fingerprint density at radius 2 is 1.79 bits per heavy atom. The molecule has 0 aromatic heterocycles. The van der Waals surface area contributed by atoms with Crippen molar-refractivity contribution in [3.05, 3.63) is 63.4 Å². The van der Waals surface area contributed by atoms with Crippen LogP contribution < -0.4 is 16.0 Å². The fourth-order valence-corrected chi connectivity index (χ4v) is 6.45. The van der Waals surface area contributed by atoms with Gasteiger partial charge in [-0.2, -0.15) is 0 Å². The average Bonchev–Trinajstić information content (AvgIpc) is 3.40. The van der Waals surface area contributed by atoms with Crippen LogP contribution >= 0.6 is 23.2 Å². The Labute approximate surface area is 263 Å². The van der Waals surface area contributed by atoms with E-state index in [0.717, 1.165) is 23.2 Å². The summed E-state index contributed by atoms with van der Waals surface area (Å²) >= 11 is 12.5. The number of nitrogens with zero attached hydrogens (tertiary/aromatic N) is 3. The molecule has 2 aromatic carbocycles. The largest absolute Gasteiger partial charge is 0.368 e. The number of anilines is 1. The van der Waals surface area contributed by atoms with E-state index in [1.165, 1.54) is 12.1 Å². The first-order valence-electron chi connectivity index (χ1n) is 15.1. The first-order chi connectivity index (χ1) is 20.6. The number of carbonyl (C=O) groups is 3. The molecular weight excluding hydrogens is 592 g/mol. The van der Waals surface area contributed by atoms with Gasteiger partial charge >= 0.3 is 0 Å². The second kappa shape index (κ2) is 15.2. The number of halogens is 3. The van der Waals surface area contributed by atoms with E-state index < -0.39 is 6.04 Å². The molecule has 0 aliphatic carbocycles. The quantitative estimate of drug-likeness (QED) is 0.344. The van der Waals surface area contributed by atoms with Gasteiger partial charge in [-0.05, 0) is 67.6 Å². The van der Waals surface area contributed by atoms with Crippen molar-refractivity contribution in [1.82, 2.24) is 15.1 Å². The van der Waals surface area contributed by atoms with Gasteiger partial charge in [0.05, 0.1) is 6.04 Å². The fourth-order valence-electron chi connectivity index (χ4n) is 5.96. The van der Waals surface area contributed by atoms with Gasteiger partial charge in [-0.3, -0.25) is 14.4 Å². The molecule has 2 aliphatic heterocycles. The molecule has 3 amide bonds. The molecule has 8 nitrogen and oxygen atoms in total. The van der Waals surface area contributed by atoms with Crippen molar-refractivity contribution in [1.29, 1.82) is 0 Å². The molecule has 0 unspecified atom stereocenters. The Morgan fingerprint density at radius 1 is 1.05 bits per heavy atom. The molecule has 11 heteroatoms. The van der Waals surface area contributed by atoms with Gasteiger partial charge in [0.2, 0.25) is 17.7 Å². The molecule has 43 heavy (non-hydrogen) atoms. The number of likely N-dealkylation sites (tertiary alicyclic amines) is 1. The van der Waals surface area contributed by atoms with E-state index in [4.69, 9.17) is 28.9 Å². The summed E-state index contributed by atoms with van der Waals surface area (Å²) in [4.78, 5) is 45.0. The minimum Gasteiger partial charge on any atom is -0.368 e. The van der Waals surface area contributed by atoms with Crippen molar-refractivity contribution < 1.29 is 18.8 Å². The normalized spacial score (nSPS) is 17.0. The number of hydrogen-bond donors (Lipinski definition) is 2. The molecule has 2 saturated heterocycles. The van der Waals surface area contributed by atoms with Gasteiger partial charge < -0.3 is 25.8 Å². The lowest BCUT2D eigenvalue weighted by Crippen LogP contribution is -2.56. The van der Waals surface area contributed by atoms with Crippen LogP contribution in [0.4, 0.5) is 10.1 Å². The van der Waals surface area contributed by atoms with Crippen molar-refractivity contribution in [3.8, 4) is 0 Å². The highest BCUT2D eigenvalue weighted by Gasteiger charge is 2.37. The Morgan fingerprint density at radius 3 is 2.42 bits per heavy atom. The Bertz CT molecular complexity index is 1300. The highest BCUT2D eigenvalue weighted by atomic mass is 35.5. The van der Waals surface area contributed by atoms with Crippen LogP contribution in [0.5, 0.6) is 0 Å². The number of nitrogens with two attached hydrogens (primary N) is 1. The van der Waals surface area contributed by atoms with E-state index in [1.807, 2.05) is 6.07 Å². The topological polar surface area (TPSA) is 99.0 Å². The second-order valence-corrected chi connectivity index (χ2v) is 12.6. The lowest BCUT2D eigenvalue weighted by atomic mass is 9.94. The minimum absolute atomic E-state index is 0.0252. The van der Waals surface area contributed by atoms with Gasteiger partial charge in [0.25, 0.3) is 0 Å². The van der Waals surface area contributed by atoms with E-state index in [-0.39, 0.29) is 35.5 Å². The maximum absolute atomic E-state index is 14.6. The number of carbonyl (C=O) groups excluding carboxylic acids is 3. The molecule has 234 valence electrons. The van der Waals surface area contributed by atoms with Gasteiger partial charge in [-0.1, -0.05) is 43.1 Å². The molecule has 0 saturated carbocycles. The Kier molecular flexibility index (Phi) is 11.7. The van der Waals surface area contributed by atoms with Crippen LogP contribution in [0.2, 0.25) is 10.0 Å². The number of benzene rings is 2. The molecular formula is C32H42Cl2FN5O3. The van der Waals surface area contributed by atoms with Crippen LogP contribution in [0.25, 0.3) is 0 Å². The Hall–Kier alpha value is -2.88. The van der Waals surface area contributed by atoms with E-state index >= 15 is 0 Å². The van der Waals surface area contributed by atoms with Crippen LogP contribution in [0.1, 0.15) is 63.1 Å². The van der Waals surface area contributed by atoms with E-state index in [9.17, 15) is 18.8 Å². The summed E-state index contributed by atoms with van der Waals surface area (Å²) in [5.74, 6) is -0.334. The highest BCUT2D eigenvalue weighted by molar-refractivity contribution is 6.35. The third-order valence-electron chi connectivity index (χ3n) is 8.15. The Balaban J connectivity index is 1.51. The van der Waals surface area contributed by atoms with Crippen molar-refractivity contribution in [3.63, 3.8) is 0 Å². The second-order valence-electron chi connectivity index (χ2n) is 11.8. The standard InChI is InChI=1S/C32H42Cl2FN5O3/c1-21(2)17-27(37-30(41)5-3-11-36)25-20-24(35)9-10-28(25)38-13-15-39(16-14-38)32(43)29(40-12-4-6-31(40)42)18-22-7-8-23(33)19-26(22)34/h7-10,19-21,27,29H,3-6,11-18,36H2,1-2H3,(H,37,41)/t27-,29+/m0/s1. The monoisotopic (exact) mass is 633 g/mol. The van der Waals surface area contributed by atoms with E-state index in [1.54, 1.807) is 28.0 Å². The zero-order valence-electron chi connectivity index (χ0n) is 25.0. The van der Waals surface area contributed by atoms with Gasteiger partial charge in [0, 0.05) is 73.3 Å². The third-order valence-corrected chi connectivity index (χ3v) is 8.73. The predicted octanol–water partition coefficient (Wildman–Crippen LogP) is 4.96. The van der Waals surface area contributed by atoms with Crippen LogP contribution in [0.15, 0.2) is 36.4 Å². The third kappa shape index (κ3) is 8.61. The molecule has 2 aromatic rings. The number of piperazine rings is 1. The molecule has 2 heterocycles. The first kappa shape index (κ1) is 33.0. The van der Waals surface area contributed by atoms with Crippen LogP contribution in [-0.4, -0.2) is 72.8 Å². The molecule has 0 radical (unpaired) electrons. The van der Waals surface area contributed by atoms with Crippen molar-refractivity contribution in [2.45, 2.75) is 64.5 Å². The smallest absolute Gasteiger partial charge is 0.245 e. The summed E-state index contributed by atoms with van der Waals surface area (Å²) in [6.07, 6.45) is 3.02. The molecule has 3 N–H and O–H groups in total. The maximum atomic E-state index is 14.6. The van der Waals surface area contributed by atoms with Crippen LogP contribution in [0, 0.1) is 11.7 Å². The zero-order valence-corrected chi connectivity index (χ0v) is 26.5. The number of nitrogens with one attached hydrogen (secondary N) is 1. The van der Waals surface area contributed by atoms with E-state index in [0.29, 0.717) is 81.4 Å². The summed E-state index contributed by atoms with van der Waals surface area (Å²) in [7, 11) is 0. The summed E-state index contributed by atoms with van der Waals surface area (Å²) < 4.78 is 14.6. The highest BCUT2D eigenvalue weighted by Crippen LogP contribution is 2.33. The lowest BCUT2D eigenvalue weighted by Gasteiger charge is -2.40. The number of rotatable bonds is 12. The molecule has 2 atom stereocenters. The SMILES string of the molecule is CC(C)C[C@H](NC(=O)CCCN)c1cc(F)ccc1N1CCN(C(=O)[C@@H](Cc2ccc(Cl)cc2Cl)N2CCCC2=O)CC1. The summed E-state index contributed by atoms with van der Waals surface area (Å²) in [6, 6.07) is 8.89. The predicted molar refractivity (Wildman–Crippen MR) is 169 cm³/mol. The van der Waals surface area contributed by atoms with Gasteiger partial charge in [0.1, 0.15) is 11.9 Å². The molecule has 2 aliphatic rings. The van der Waals surface area contributed by atoms with Gasteiger partial charge in [-0.15, -0.1) is 0 Å². The zero-order chi connectivity index (χ0) is 31.1. The number of amides is 3. The molecule has 2 fully saturated rings. The molecule has 0 bridgehead atoms.